The van der Waals surface area contributed by atoms with Crippen molar-refractivity contribution in [3.8, 4) is 5.88 Å². The van der Waals surface area contributed by atoms with E-state index >= 15 is 0 Å². The largest absolute Gasteiger partial charge is 0.482 e. The Morgan fingerprint density at radius 3 is 2.71 bits per heavy atom. The van der Waals surface area contributed by atoms with Crippen molar-refractivity contribution in [1.82, 2.24) is 9.38 Å². The molecule has 6 heteroatoms. The minimum absolute atomic E-state index is 0.376. The number of hydrogen-bond donors (Lipinski definition) is 0. The third-order valence-corrected chi connectivity index (χ3v) is 3.06. The minimum atomic E-state index is -0.439. The van der Waals surface area contributed by atoms with E-state index in [2.05, 4.69) is 20.9 Å². The van der Waals surface area contributed by atoms with Gasteiger partial charge in [0.05, 0.1) is 24.4 Å². The number of aromatic nitrogens is 2. The first-order valence-electron chi connectivity index (χ1n) is 4.90. The number of carbonyl (C=O) groups is 1. The standard InChI is InChI=1S/C11H11BrN2O3/c1-6-9(11(15)17-3)14-8(16-2)5-4-7(12)10(14)13-6/h4-5H,1-3H3. The molecule has 90 valence electrons. The van der Waals surface area contributed by atoms with E-state index in [1.807, 2.05) is 6.07 Å². The van der Waals surface area contributed by atoms with Crippen LogP contribution in [0, 0.1) is 6.92 Å². The van der Waals surface area contributed by atoms with E-state index in [9.17, 15) is 4.79 Å². The number of carbonyl (C=O) groups excluding carboxylic acids is 1. The Bertz CT molecular complexity index is 592. The van der Waals surface area contributed by atoms with Gasteiger partial charge in [-0.3, -0.25) is 4.40 Å². The monoisotopic (exact) mass is 298 g/mol. The lowest BCUT2D eigenvalue weighted by Crippen LogP contribution is -2.08. The Morgan fingerprint density at radius 2 is 2.12 bits per heavy atom. The fourth-order valence-corrected chi connectivity index (χ4v) is 2.09. The quantitative estimate of drug-likeness (QED) is 0.798. The van der Waals surface area contributed by atoms with Crippen LogP contribution in [0.25, 0.3) is 5.65 Å². The van der Waals surface area contributed by atoms with Gasteiger partial charge < -0.3 is 9.47 Å². The molecule has 0 saturated heterocycles. The van der Waals surface area contributed by atoms with Crippen LogP contribution < -0.4 is 4.74 Å². The molecule has 2 heterocycles. The van der Waals surface area contributed by atoms with Gasteiger partial charge in [-0.1, -0.05) is 0 Å². The Hall–Kier alpha value is -1.56. The number of ether oxygens (including phenoxy) is 2. The SMILES string of the molecule is COC(=O)c1c(C)nc2c(Br)ccc(OC)n12. The fraction of sp³-hybridized carbons (Fsp3) is 0.273. The summed E-state index contributed by atoms with van der Waals surface area (Å²) >= 11 is 3.39. The number of fused-ring (bicyclic) bond motifs is 1. The van der Waals surface area contributed by atoms with Crippen molar-refractivity contribution >= 4 is 27.5 Å². The van der Waals surface area contributed by atoms with Crippen molar-refractivity contribution in [2.45, 2.75) is 6.92 Å². The van der Waals surface area contributed by atoms with Crippen molar-refractivity contribution in [1.29, 1.82) is 0 Å². The van der Waals surface area contributed by atoms with E-state index in [-0.39, 0.29) is 0 Å². The molecule has 0 unspecified atom stereocenters. The summed E-state index contributed by atoms with van der Waals surface area (Å²) in [5.74, 6) is 0.0931. The smallest absolute Gasteiger partial charge is 0.357 e. The van der Waals surface area contributed by atoms with Crippen LogP contribution in [0.1, 0.15) is 16.2 Å². The summed E-state index contributed by atoms with van der Waals surface area (Å²) in [7, 11) is 2.88. The van der Waals surface area contributed by atoms with Crippen LogP contribution in [0.5, 0.6) is 5.88 Å². The van der Waals surface area contributed by atoms with Gasteiger partial charge in [0.2, 0.25) is 0 Å². The molecule has 17 heavy (non-hydrogen) atoms. The zero-order valence-electron chi connectivity index (χ0n) is 9.65. The van der Waals surface area contributed by atoms with Crippen molar-refractivity contribution in [2.24, 2.45) is 0 Å². The van der Waals surface area contributed by atoms with Gasteiger partial charge in [-0.2, -0.15) is 0 Å². The van der Waals surface area contributed by atoms with Gasteiger partial charge in [0.25, 0.3) is 0 Å². The average molecular weight is 299 g/mol. The minimum Gasteiger partial charge on any atom is -0.482 e. The Balaban J connectivity index is 2.87. The highest BCUT2D eigenvalue weighted by molar-refractivity contribution is 9.10. The molecule has 2 aromatic rings. The zero-order valence-corrected chi connectivity index (χ0v) is 11.2. The molecule has 0 aliphatic rings. The van der Waals surface area contributed by atoms with Crippen LogP contribution in [0.4, 0.5) is 0 Å². The Morgan fingerprint density at radius 1 is 1.41 bits per heavy atom. The maximum Gasteiger partial charge on any atom is 0.357 e. The molecule has 0 bridgehead atoms. The van der Waals surface area contributed by atoms with Crippen molar-refractivity contribution in [3.63, 3.8) is 0 Å². The second kappa shape index (κ2) is 4.37. The van der Waals surface area contributed by atoms with Crippen LogP contribution in [0.15, 0.2) is 16.6 Å². The summed E-state index contributed by atoms with van der Waals surface area (Å²) in [4.78, 5) is 16.1. The van der Waals surface area contributed by atoms with E-state index in [0.29, 0.717) is 22.9 Å². The van der Waals surface area contributed by atoms with Crippen molar-refractivity contribution in [2.75, 3.05) is 14.2 Å². The van der Waals surface area contributed by atoms with Crippen molar-refractivity contribution < 1.29 is 14.3 Å². The van der Waals surface area contributed by atoms with Crippen LogP contribution in [0.2, 0.25) is 0 Å². The van der Waals surface area contributed by atoms with E-state index in [4.69, 9.17) is 9.47 Å². The lowest BCUT2D eigenvalue weighted by molar-refractivity contribution is 0.0591. The number of esters is 1. The fourth-order valence-electron chi connectivity index (χ4n) is 1.69. The van der Waals surface area contributed by atoms with Gasteiger partial charge in [0, 0.05) is 6.07 Å². The van der Waals surface area contributed by atoms with Crippen molar-refractivity contribution in [3.05, 3.63) is 28.0 Å². The van der Waals surface area contributed by atoms with E-state index in [1.54, 1.807) is 24.5 Å². The average Bonchev–Trinajstić information content (AvgIpc) is 2.67. The van der Waals surface area contributed by atoms with E-state index in [0.717, 1.165) is 4.47 Å². The molecule has 0 atom stereocenters. The molecule has 2 rings (SSSR count). The number of aryl methyl sites for hydroxylation is 1. The molecule has 0 aromatic carbocycles. The summed E-state index contributed by atoms with van der Waals surface area (Å²) in [6, 6.07) is 3.58. The summed E-state index contributed by atoms with van der Waals surface area (Å²) in [6.45, 7) is 1.76. The predicted molar refractivity (Wildman–Crippen MR) is 65.5 cm³/mol. The molecule has 0 aliphatic heterocycles. The maximum absolute atomic E-state index is 11.7. The molecule has 0 amide bonds. The highest BCUT2D eigenvalue weighted by atomic mass is 79.9. The van der Waals surface area contributed by atoms with Gasteiger partial charge in [-0.05, 0) is 28.9 Å². The van der Waals surface area contributed by atoms with Crippen LogP contribution >= 0.6 is 15.9 Å². The van der Waals surface area contributed by atoms with Gasteiger partial charge in [0.1, 0.15) is 0 Å². The molecular weight excluding hydrogens is 288 g/mol. The molecular formula is C11H11BrN2O3. The zero-order chi connectivity index (χ0) is 12.6. The number of imidazole rings is 1. The summed E-state index contributed by atoms with van der Waals surface area (Å²) in [6.07, 6.45) is 0. The number of nitrogens with zero attached hydrogens (tertiary/aromatic N) is 2. The molecule has 0 spiro atoms. The Labute approximate surface area is 106 Å². The summed E-state index contributed by atoms with van der Waals surface area (Å²) < 4.78 is 12.4. The van der Waals surface area contributed by atoms with Gasteiger partial charge >= 0.3 is 5.97 Å². The number of rotatable bonds is 2. The predicted octanol–water partition coefficient (Wildman–Crippen LogP) is 2.20. The molecule has 0 saturated carbocycles. The first-order valence-corrected chi connectivity index (χ1v) is 5.69. The number of methoxy groups -OCH3 is 2. The Kier molecular flexibility index (Phi) is 3.06. The molecule has 0 fully saturated rings. The highest BCUT2D eigenvalue weighted by Crippen LogP contribution is 2.26. The second-order valence-corrected chi connectivity index (χ2v) is 4.27. The molecule has 0 N–H and O–H groups in total. The molecule has 2 aromatic heterocycles. The first kappa shape index (κ1) is 11.9. The van der Waals surface area contributed by atoms with E-state index < -0.39 is 5.97 Å². The van der Waals surface area contributed by atoms with Crippen LogP contribution in [-0.2, 0) is 4.74 Å². The number of pyridine rings is 1. The van der Waals surface area contributed by atoms with E-state index in [1.165, 1.54) is 7.11 Å². The lowest BCUT2D eigenvalue weighted by Gasteiger charge is -2.07. The first-order chi connectivity index (χ1) is 8.10. The third-order valence-electron chi connectivity index (χ3n) is 2.45. The van der Waals surface area contributed by atoms with Crippen LogP contribution in [0.3, 0.4) is 0 Å². The molecule has 0 radical (unpaired) electrons. The lowest BCUT2D eigenvalue weighted by atomic mass is 10.3. The summed E-state index contributed by atoms with van der Waals surface area (Å²) in [5, 5.41) is 0. The normalized spacial score (nSPS) is 10.6. The molecule has 0 aliphatic carbocycles. The maximum atomic E-state index is 11.7. The third kappa shape index (κ3) is 1.78. The highest BCUT2D eigenvalue weighted by Gasteiger charge is 2.20. The van der Waals surface area contributed by atoms with Gasteiger partial charge in [-0.25, -0.2) is 9.78 Å². The van der Waals surface area contributed by atoms with Gasteiger partial charge in [0.15, 0.2) is 17.2 Å². The molecule has 5 nitrogen and oxygen atoms in total. The number of hydrogen-bond acceptors (Lipinski definition) is 4. The van der Waals surface area contributed by atoms with Crippen LogP contribution in [-0.4, -0.2) is 29.6 Å². The number of halogens is 1. The summed E-state index contributed by atoms with van der Waals surface area (Å²) in [5.41, 5.74) is 1.60. The topological polar surface area (TPSA) is 52.8 Å². The van der Waals surface area contributed by atoms with Gasteiger partial charge in [-0.15, -0.1) is 0 Å². The second-order valence-electron chi connectivity index (χ2n) is 3.42.